The number of carboxylic acids is 1. The number of carbonyl (C=O) groups excluding carboxylic acids is 1. The summed E-state index contributed by atoms with van der Waals surface area (Å²) in [6.45, 7) is 0. The molecule has 1 aromatic carbocycles. The molecule has 0 aliphatic heterocycles. The van der Waals surface area contributed by atoms with E-state index in [2.05, 4.69) is 10.2 Å². The highest BCUT2D eigenvalue weighted by atomic mass is 35.5. The number of rotatable bonds is 3. The van der Waals surface area contributed by atoms with Gasteiger partial charge in [0, 0.05) is 5.56 Å². The first-order chi connectivity index (χ1) is 9.00. The molecule has 5 nitrogen and oxygen atoms in total. The zero-order chi connectivity index (χ0) is 14.0. The Morgan fingerprint density at radius 2 is 1.63 bits per heavy atom. The van der Waals surface area contributed by atoms with Crippen LogP contribution in [0.25, 0.3) is 0 Å². The maximum Gasteiger partial charge on any atom is 0.338 e. The molecular weight excluding hydrogens is 291 g/mol. The van der Waals surface area contributed by atoms with Gasteiger partial charge < -0.3 is 5.11 Å². The Morgan fingerprint density at radius 1 is 1.00 bits per heavy atom. The van der Waals surface area contributed by atoms with Crippen LogP contribution in [0.4, 0.5) is 0 Å². The van der Waals surface area contributed by atoms with Gasteiger partial charge in [-0.15, -0.1) is 0 Å². The van der Waals surface area contributed by atoms with Crippen molar-refractivity contribution in [3.8, 4) is 0 Å². The maximum atomic E-state index is 12.2. The Morgan fingerprint density at radius 3 is 2.21 bits per heavy atom. The molecule has 0 unspecified atom stereocenters. The predicted octanol–water partition coefficient (Wildman–Crippen LogP) is 2.71. The molecule has 1 N–H and O–H groups in total. The van der Waals surface area contributed by atoms with Crippen molar-refractivity contribution in [2.45, 2.75) is 0 Å². The van der Waals surface area contributed by atoms with Crippen LogP contribution in [0.2, 0.25) is 10.0 Å². The summed E-state index contributed by atoms with van der Waals surface area (Å²) in [6, 6.07) is 4.30. The fourth-order valence-corrected chi connectivity index (χ4v) is 1.76. The molecule has 0 radical (unpaired) electrons. The zero-order valence-electron chi connectivity index (χ0n) is 9.30. The lowest BCUT2D eigenvalue weighted by molar-refractivity contribution is 0.0692. The number of ketones is 1. The van der Waals surface area contributed by atoms with Crippen molar-refractivity contribution in [1.29, 1.82) is 0 Å². The maximum absolute atomic E-state index is 12.2. The highest BCUT2D eigenvalue weighted by molar-refractivity contribution is 6.42. The molecule has 19 heavy (non-hydrogen) atoms. The molecule has 0 atom stereocenters. The lowest BCUT2D eigenvalue weighted by Gasteiger charge is -2.05. The van der Waals surface area contributed by atoms with Crippen LogP contribution in [-0.2, 0) is 0 Å². The van der Waals surface area contributed by atoms with E-state index in [-0.39, 0.29) is 21.7 Å². The van der Waals surface area contributed by atoms with Gasteiger partial charge >= 0.3 is 5.97 Å². The third-order valence-electron chi connectivity index (χ3n) is 2.39. The second kappa shape index (κ2) is 5.34. The van der Waals surface area contributed by atoms with Crippen LogP contribution >= 0.6 is 23.2 Å². The minimum absolute atomic E-state index is 0.0547. The lowest BCUT2D eigenvalue weighted by atomic mass is 10.0. The molecule has 0 aliphatic carbocycles. The highest BCUT2D eigenvalue weighted by Crippen LogP contribution is 2.24. The summed E-state index contributed by atoms with van der Waals surface area (Å²) < 4.78 is 0. The van der Waals surface area contributed by atoms with E-state index in [0.29, 0.717) is 5.02 Å². The quantitative estimate of drug-likeness (QED) is 0.881. The van der Waals surface area contributed by atoms with Crippen molar-refractivity contribution >= 4 is 35.0 Å². The van der Waals surface area contributed by atoms with Crippen LogP contribution in [0.3, 0.4) is 0 Å². The molecule has 0 spiro atoms. The van der Waals surface area contributed by atoms with Crippen molar-refractivity contribution in [3.05, 3.63) is 57.3 Å². The van der Waals surface area contributed by atoms with Crippen LogP contribution in [0, 0.1) is 0 Å². The second-order valence-corrected chi connectivity index (χ2v) is 4.39. The molecule has 0 fully saturated rings. The molecule has 0 saturated carbocycles. The van der Waals surface area contributed by atoms with E-state index in [4.69, 9.17) is 28.3 Å². The first kappa shape index (κ1) is 13.5. The Balaban J connectivity index is 2.50. The summed E-state index contributed by atoms with van der Waals surface area (Å²) in [4.78, 5) is 23.2. The first-order valence-corrected chi connectivity index (χ1v) is 5.80. The van der Waals surface area contributed by atoms with E-state index >= 15 is 0 Å². The van der Waals surface area contributed by atoms with E-state index in [9.17, 15) is 9.59 Å². The van der Waals surface area contributed by atoms with Gasteiger partial charge in [0.05, 0.1) is 33.6 Å². The Labute approximate surface area is 117 Å². The number of nitrogens with zero attached hydrogens (tertiary/aromatic N) is 2. The fraction of sp³-hybridized carbons (Fsp3) is 0. The number of benzene rings is 1. The summed E-state index contributed by atoms with van der Waals surface area (Å²) >= 11 is 11.6. The number of carboxylic acid groups (broad SMARTS) is 1. The molecule has 0 amide bonds. The summed E-state index contributed by atoms with van der Waals surface area (Å²) in [5.41, 5.74) is -0.0446. The SMILES string of the molecule is O=C(O)c1cnncc1C(=O)c1ccc(Cl)c(Cl)c1. The zero-order valence-corrected chi connectivity index (χ0v) is 10.8. The number of hydrogen-bond acceptors (Lipinski definition) is 4. The number of aromatic nitrogens is 2. The number of halogens is 2. The van der Waals surface area contributed by atoms with Gasteiger partial charge in [0.25, 0.3) is 0 Å². The Bertz CT molecular complexity index is 674. The molecule has 1 aromatic heterocycles. The smallest absolute Gasteiger partial charge is 0.338 e. The van der Waals surface area contributed by atoms with Crippen molar-refractivity contribution in [2.24, 2.45) is 0 Å². The molecule has 1 heterocycles. The van der Waals surface area contributed by atoms with Gasteiger partial charge in [0.2, 0.25) is 0 Å². The molecule has 7 heteroatoms. The number of carbonyl (C=O) groups is 2. The fourth-order valence-electron chi connectivity index (χ4n) is 1.47. The minimum atomic E-state index is -1.25. The first-order valence-electron chi connectivity index (χ1n) is 5.04. The van der Waals surface area contributed by atoms with Crippen LogP contribution in [0.15, 0.2) is 30.6 Å². The van der Waals surface area contributed by atoms with E-state index in [1.54, 1.807) is 0 Å². The summed E-state index contributed by atoms with van der Waals surface area (Å²) in [5.74, 6) is -1.76. The minimum Gasteiger partial charge on any atom is -0.478 e. The van der Waals surface area contributed by atoms with Gasteiger partial charge in [-0.05, 0) is 18.2 Å². The van der Waals surface area contributed by atoms with Crippen molar-refractivity contribution in [3.63, 3.8) is 0 Å². The molecule has 0 bridgehead atoms. The average Bonchev–Trinajstić information content (AvgIpc) is 2.41. The van der Waals surface area contributed by atoms with Gasteiger partial charge in [-0.3, -0.25) is 4.79 Å². The number of hydrogen-bond donors (Lipinski definition) is 1. The van der Waals surface area contributed by atoms with E-state index < -0.39 is 11.8 Å². The topological polar surface area (TPSA) is 80.2 Å². The number of aromatic carboxylic acids is 1. The van der Waals surface area contributed by atoms with E-state index in [1.165, 1.54) is 18.2 Å². The highest BCUT2D eigenvalue weighted by Gasteiger charge is 2.19. The van der Waals surface area contributed by atoms with Gasteiger partial charge in [0.1, 0.15) is 0 Å². The molecular formula is C12H6Cl2N2O3. The van der Waals surface area contributed by atoms with E-state index in [1.807, 2.05) is 0 Å². The summed E-state index contributed by atoms with van der Waals surface area (Å²) in [5, 5.41) is 16.5. The Kier molecular flexibility index (Phi) is 3.78. The summed E-state index contributed by atoms with van der Waals surface area (Å²) in [6.07, 6.45) is 2.13. The van der Waals surface area contributed by atoms with Crippen LogP contribution in [-0.4, -0.2) is 27.1 Å². The molecule has 0 saturated heterocycles. The van der Waals surface area contributed by atoms with Gasteiger partial charge in [-0.2, -0.15) is 10.2 Å². The van der Waals surface area contributed by atoms with Crippen LogP contribution < -0.4 is 0 Å². The normalized spacial score (nSPS) is 10.2. The lowest BCUT2D eigenvalue weighted by Crippen LogP contribution is -2.11. The summed E-state index contributed by atoms with van der Waals surface area (Å²) in [7, 11) is 0. The molecule has 96 valence electrons. The predicted molar refractivity (Wildman–Crippen MR) is 68.9 cm³/mol. The van der Waals surface area contributed by atoms with Crippen LogP contribution in [0.5, 0.6) is 0 Å². The standard InChI is InChI=1S/C12H6Cl2N2O3/c13-9-2-1-6(3-10(9)14)11(17)7-4-15-16-5-8(7)12(18)19/h1-5H,(H,18,19). The molecule has 2 aromatic rings. The third-order valence-corrected chi connectivity index (χ3v) is 3.13. The van der Waals surface area contributed by atoms with Gasteiger partial charge in [-0.1, -0.05) is 23.2 Å². The monoisotopic (exact) mass is 296 g/mol. The largest absolute Gasteiger partial charge is 0.478 e. The van der Waals surface area contributed by atoms with Gasteiger partial charge in [-0.25, -0.2) is 4.79 Å². The third kappa shape index (κ3) is 2.72. The van der Waals surface area contributed by atoms with Crippen molar-refractivity contribution in [1.82, 2.24) is 10.2 Å². The van der Waals surface area contributed by atoms with E-state index in [0.717, 1.165) is 12.4 Å². The van der Waals surface area contributed by atoms with Crippen molar-refractivity contribution < 1.29 is 14.7 Å². The Hall–Kier alpha value is -1.98. The van der Waals surface area contributed by atoms with Crippen molar-refractivity contribution in [2.75, 3.05) is 0 Å². The average molecular weight is 297 g/mol. The second-order valence-electron chi connectivity index (χ2n) is 3.58. The molecule has 2 rings (SSSR count). The van der Waals surface area contributed by atoms with Gasteiger partial charge in [0.15, 0.2) is 5.78 Å². The van der Waals surface area contributed by atoms with Crippen LogP contribution in [0.1, 0.15) is 26.3 Å². The molecule has 0 aliphatic rings.